The van der Waals surface area contributed by atoms with Crippen LogP contribution in [-0.4, -0.2) is 41.8 Å². The van der Waals surface area contributed by atoms with Gasteiger partial charge in [-0.05, 0) is 47.8 Å². The molecule has 8 nitrogen and oxygen atoms in total. The normalized spacial score (nSPS) is 11.2. The first-order valence-electron chi connectivity index (χ1n) is 5.46. The van der Waals surface area contributed by atoms with Gasteiger partial charge in [0.1, 0.15) is 11.3 Å². The van der Waals surface area contributed by atoms with Crippen molar-refractivity contribution in [1.82, 2.24) is 0 Å². The molecular weight excluding hydrogens is 596 g/mol. The molecule has 0 saturated carbocycles. The summed E-state index contributed by atoms with van der Waals surface area (Å²) in [6.45, 7) is -0.834. The van der Waals surface area contributed by atoms with Gasteiger partial charge in [0.2, 0.25) is 15.9 Å². The van der Waals surface area contributed by atoms with Gasteiger partial charge < -0.3 is 15.5 Å². The molecule has 0 aliphatic rings. The predicted molar refractivity (Wildman–Crippen MR) is 98.6 cm³/mol. The average Bonchev–Trinajstić information content (AvgIpc) is 2.47. The van der Waals surface area contributed by atoms with Gasteiger partial charge in [0.25, 0.3) is 0 Å². The Morgan fingerprint density at radius 2 is 1.57 bits per heavy atom. The topological polar surface area (TPSA) is 133 Å². The van der Waals surface area contributed by atoms with E-state index in [4.69, 9.17) is 5.11 Å². The molecule has 4 N–H and O–H groups in total. The van der Waals surface area contributed by atoms with E-state index in [-0.39, 0.29) is 30.4 Å². The predicted octanol–water partition coefficient (Wildman–Crippen LogP) is 2.70. The zero-order valence-corrected chi connectivity index (χ0v) is 18.0. The molecule has 0 fully saturated rings. The summed E-state index contributed by atoms with van der Waals surface area (Å²) in [6.07, 6.45) is 0. The van der Waals surface area contributed by atoms with Crippen molar-refractivity contribution in [2.75, 3.05) is 21.3 Å². The van der Waals surface area contributed by atoms with E-state index in [1.807, 2.05) is 0 Å². The van der Waals surface area contributed by atoms with Gasteiger partial charge in [-0.25, -0.2) is 13.2 Å². The van der Waals surface area contributed by atoms with Crippen molar-refractivity contribution < 1.29 is 28.2 Å². The van der Waals surface area contributed by atoms with Crippen molar-refractivity contribution in [2.45, 2.75) is 0 Å². The zero-order valence-electron chi connectivity index (χ0n) is 10.9. The number of aliphatic hydroxyl groups is 1. The number of nitrogens with one attached hydrogen (secondary N) is 2. The molecule has 23 heavy (non-hydrogen) atoms. The fourth-order valence-electron chi connectivity index (χ4n) is 1.41. The lowest BCUT2D eigenvalue weighted by Crippen LogP contribution is -2.19. The molecule has 0 radical (unpaired) electrons. The summed E-state index contributed by atoms with van der Waals surface area (Å²) in [6, 6.07) is 0. The first-order chi connectivity index (χ1) is 10.6. The van der Waals surface area contributed by atoms with Crippen LogP contribution in [0.5, 0.6) is 0 Å². The van der Waals surface area contributed by atoms with Crippen LogP contribution in [0.3, 0.4) is 0 Å². The maximum atomic E-state index is 11.7. The minimum absolute atomic E-state index is 0.00709. The van der Waals surface area contributed by atoms with E-state index >= 15 is 0 Å². The number of aliphatic hydroxyl groups excluding tert-OH is 1. The van der Waals surface area contributed by atoms with E-state index < -0.39 is 33.2 Å². The van der Waals surface area contributed by atoms with Crippen LogP contribution in [0.2, 0.25) is 0 Å². The lowest BCUT2D eigenvalue weighted by Gasteiger charge is -2.18. The van der Waals surface area contributed by atoms with E-state index in [0.29, 0.717) is 0 Å². The first kappa shape index (κ1) is 20.8. The van der Waals surface area contributed by atoms with Crippen molar-refractivity contribution in [3.05, 3.63) is 19.0 Å². The molecule has 0 heterocycles. The molecule has 1 aromatic carbocycles. The Morgan fingerprint density at radius 1 is 1.04 bits per heavy atom. The van der Waals surface area contributed by atoms with Crippen molar-refractivity contribution in [3.63, 3.8) is 0 Å². The van der Waals surface area contributed by atoms with E-state index in [9.17, 15) is 23.1 Å². The number of carboxylic acids is 1. The number of amides is 1. The van der Waals surface area contributed by atoms with Crippen LogP contribution < -0.4 is 10.0 Å². The molecule has 0 aromatic heterocycles. The third-order valence-corrected chi connectivity index (χ3v) is 7.33. The van der Waals surface area contributed by atoms with Crippen LogP contribution in [-0.2, 0) is 14.8 Å². The highest BCUT2D eigenvalue weighted by molar-refractivity contribution is 9.12. The number of benzene rings is 1. The molecule has 1 amide bonds. The lowest BCUT2D eigenvalue weighted by atomic mass is 10.1. The summed E-state index contributed by atoms with van der Waals surface area (Å²) in [4.78, 5) is 22.8. The Balaban J connectivity index is 3.69. The number of anilines is 2. The SMILES string of the molecule is O=C(CO)Nc1c(Br)c(NS(=O)(=O)CBr)c(Br)c(C(=O)O)c1Br. The largest absolute Gasteiger partial charge is 0.478 e. The van der Waals surface area contributed by atoms with Crippen LogP contribution in [0, 0.1) is 0 Å². The number of sulfonamides is 1. The summed E-state index contributed by atoms with van der Waals surface area (Å²) in [5, 5.41) is 20.4. The average molecular weight is 604 g/mol. The summed E-state index contributed by atoms with van der Waals surface area (Å²) >= 11 is 12.0. The van der Waals surface area contributed by atoms with Crippen LogP contribution in [0.25, 0.3) is 0 Å². The number of carboxylic acid groups (broad SMARTS) is 1. The Kier molecular flexibility index (Phi) is 7.47. The van der Waals surface area contributed by atoms with Gasteiger partial charge in [-0.1, -0.05) is 15.9 Å². The molecule has 0 aliphatic heterocycles. The van der Waals surface area contributed by atoms with Crippen LogP contribution in [0.4, 0.5) is 11.4 Å². The summed E-state index contributed by atoms with van der Waals surface area (Å²) < 4.78 is 25.3. The number of hydrogen-bond acceptors (Lipinski definition) is 5. The number of alkyl halides is 1. The number of hydrogen-bond donors (Lipinski definition) is 4. The van der Waals surface area contributed by atoms with E-state index in [1.165, 1.54) is 0 Å². The second-order valence-corrected chi connectivity index (χ2v) is 9.31. The van der Waals surface area contributed by atoms with Crippen molar-refractivity contribution in [3.8, 4) is 0 Å². The molecule has 0 spiro atoms. The third-order valence-electron chi connectivity index (χ3n) is 2.34. The molecule has 1 rings (SSSR count). The summed E-state index contributed by atoms with van der Waals surface area (Å²) in [5.41, 5.74) is -0.469. The Labute approximate surface area is 164 Å². The molecule has 0 aliphatic carbocycles. The molecular formula is C10H8Br4N2O6S. The van der Waals surface area contributed by atoms with E-state index in [2.05, 4.69) is 73.8 Å². The minimum Gasteiger partial charge on any atom is -0.478 e. The van der Waals surface area contributed by atoms with Crippen molar-refractivity contribution in [2.24, 2.45) is 0 Å². The van der Waals surface area contributed by atoms with E-state index in [0.717, 1.165) is 0 Å². The second kappa shape index (κ2) is 8.25. The van der Waals surface area contributed by atoms with E-state index in [1.54, 1.807) is 0 Å². The van der Waals surface area contributed by atoms with Crippen LogP contribution in [0.15, 0.2) is 13.4 Å². The molecule has 128 valence electrons. The quantitative estimate of drug-likeness (QED) is 0.370. The van der Waals surface area contributed by atoms with Crippen molar-refractivity contribution >= 4 is 97.0 Å². The maximum absolute atomic E-state index is 11.7. The Morgan fingerprint density at radius 3 is 2.00 bits per heavy atom. The second-order valence-electron chi connectivity index (χ2n) is 3.90. The van der Waals surface area contributed by atoms with Gasteiger partial charge in [-0.2, -0.15) is 0 Å². The highest BCUT2D eigenvalue weighted by Gasteiger charge is 2.27. The first-order valence-corrected chi connectivity index (χ1v) is 10.6. The van der Waals surface area contributed by atoms with Gasteiger partial charge in [0, 0.05) is 0 Å². The smallest absolute Gasteiger partial charge is 0.338 e. The Hall–Kier alpha value is -0.210. The number of aromatic carboxylic acids is 1. The molecule has 13 heteroatoms. The minimum atomic E-state index is -3.79. The van der Waals surface area contributed by atoms with Gasteiger partial charge >= 0.3 is 5.97 Å². The molecule has 0 unspecified atom stereocenters. The standard InChI is InChI=1S/C10H8Br4N2O6S/c11-2-23(21,22)16-9-6(13)4(10(19)20)5(12)8(7(9)14)15-3(18)1-17/h16-17H,1-2H2,(H,15,18)(H,19,20). The number of rotatable bonds is 6. The maximum Gasteiger partial charge on any atom is 0.338 e. The summed E-state index contributed by atoms with van der Waals surface area (Å²) in [7, 11) is -3.79. The fraction of sp³-hybridized carbons (Fsp3) is 0.200. The fourth-order valence-corrected chi connectivity index (χ4v) is 5.31. The van der Waals surface area contributed by atoms with Gasteiger partial charge in [-0.3, -0.25) is 9.52 Å². The third kappa shape index (κ3) is 4.89. The molecule has 0 atom stereocenters. The Bertz CT molecular complexity index is 767. The zero-order chi connectivity index (χ0) is 17.9. The summed E-state index contributed by atoms with van der Waals surface area (Å²) in [5.74, 6) is -2.17. The van der Waals surface area contributed by atoms with Gasteiger partial charge in [-0.15, -0.1) is 0 Å². The number of halogens is 4. The van der Waals surface area contributed by atoms with Gasteiger partial charge in [0.15, 0.2) is 0 Å². The highest BCUT2D eigenvalue weighted by atomic mass is 79.9. The molecule has 1 aromatic rings. The number of carbonyl (C=O) groups excluding carboxylic acids is 1. The van der Waals surface area contributed by atoms with Crippen molar-refractivity contribution in [1.29, 1.82) is 0 Å². The van der Waals surface area contributed by atoms with Crippen LogP contribution >= 0.6 is 63.7 Å². The van der Waals surface area contributed by atoms with Gasteiger partial charge in [0.05, 0.1) is 30.4 Å². The van der Waals surface area contributed by atoms with Crippen LogP contribution in [0.1, 0.15) is 10.4 Å². The molecule has 0 bridgehead atoms. The monoisotopic (exact) mass is 600 g/mol. The molecule has 0 saturated heterocycles. The highest BCUT2D eigenvalue weighted by Crippen LogP contribution is 2.45. The number of carbonyl (C=O) groups is 2. The lowest BCUT2D eigenvalue weighted by molar-refractivity contribution is -0.118.